The molecule has 0 saturated heterocycles. The summed E-state index contributed by atoms with van der Waals surface area (Å²) in [6.07, 6.45) is 10.1. The zero-order valence-electron chi connectivity index (χ0n) is 14.4. The van der Waals surface area contributed by atoms with Gasteiger partial charge in [0.05, 0.1) is 11.9 Å². The van der Waals surface area contributed by atoms with Gasteiger partial charge in [0.25, 0.3) is 0 Å². The van der Waals surface area contributed by atoms with Crippen LogP contribution in [0.25, 0.3) is 5.69 Å². The Morgan fingerprint density at radius 1 is 1.25 bits per heavy atom. The largest absolute Gasteiger partial charge is 0.357 e. The Balaban J connectivity index is 1.54. The second-order valence-corrected chi connectivity index (χ2v) is 6.27. The summed E-state index contributed by atoms with van der Waals surface area (Å²) in [6, 6.07) is 10.8. The molecule has 0 radical (unpaired) electrons. The summed E-state index contributed by atoms with van der Waals surface area (Å²) < 4.78 is 1.92. The Kier molecular flexibility index (Phi) is 5.88. The van der Waals surface area contributed by atoms with Crippen molar-refractivity contribution in [3.8, 4) is 5.69 Å². The lowest BCUT2D eigenvalue weighted by molar-refractivity contribution is 0.614. The molecule has 0 atom stereocenters. The topological polar surface area (TPSA) is 54.2 Å². The van der Waals surface area contributed by atoms with Crippen LogP contribution in [0.3, 0.4) is 0 Å². The van der Waals surface area contributed by atoms with Crippen LogP contribution in [-0.2, 0) is 6.42 Å². The lowest BCUT2D eigenvalue weighted by Gasteiger charge is -2.16. The van der Waals surface area contributed by atoms with Crippen molar-refractivity contribution in [3.63, 3.8) is 0 Å². The van der Waals surface area contributed by atoms with Gasteiger partial charge in [0.1, 0.15) is 0 Å². The molecule has 1 aliphatic carbocycles. The van der Waals surface area contributed by atoms with Crippen LogP contribution in [0.4, 0.5) is 0 Å². The van der Waals surface area contributed by atoms with Crippen LogP contribution in [0, 0.1) is 0 Å². The Labute approximate surface area is 144 Å². The van der Waals surface area contributed by atoms with Gasteiger partial charge in [0, 0.05) is 25.3 Å². The van der Waals surface area contributed by atoms with E-state index in [1.807, 2.05) is 29.1 Å². The lowest BCUT2D eigenvalue weighted by atomic mass is 10.2. The van der Waals surface area contributed by atoms with Crippen molar-refractivity contribution < 1.29 is 0 Å². The molecule has 1 fully saturated rings. The average molecular weight is 325 g/mol. The normalized spacial score (nSPS) is 15.6. The molecular weight excluding hydrogens is 298 g/mol. The van der Waals surface area contributed by atoms with Crippen LogP contribution in [0.1, 0.15) is 38.2 Å². The number of nitrogens with zero attached hydrogens (tertiary/aromatic N) is 3. The molecule has 2 aromatic rings. The van der Waals surface area contributed by atoms with Crippen LogP contribution < -0.4 is 10.6 Å². The second-order valence-electron chi connectivity index (χ2n) is 6.27. The summed E-state index contributed by atoms with van der Waals surface area (Å²) >= 11 is 0. The fourth-order valence-corrected chi connectivity index (χ4v) is 3.09. The summed E-state index contributed by atoms with van der Waals surface area (Å²) in [5.41, 5.74) is 2.29. The summed E-state index contributed by atoms with van der Waals surface area (Å²) in [4.78, 5) is 4.71. The molecule has 0 amide bonds. The number of hydrogen-bond acceptors (Lipinski definition) is 2. The highest BCUT2D eigenvalue weighted by Gasteiger charge is 2.15. The minimum atomic E-state index is 0.587. The number of nitrogens with one attached hydrogen (secondary N) is 2. The van der Waals surface area contributed by atoms with Gasteiger partial charge in [-0.05, 0) is 43.9 Å². The number of benzene rings is 1. The Morgan fingerprint density at radius 2 is 2.04 bits per heavy atom. The van der Waals surface area contributed by atoms with Gasteiger partial charge < -0.3 is 10.6 Å². The molecule has 1 aromatic carbocycles. The lowest BCUT2D eigenvalue weighted by Crippen LogP contribution is -2.42. The Hall–Kier alpha value is -2.30. The first-order valence-corrected chi connectivity index (χ1v) is 8.99. The van der Waals surface area contributed by atoms with Crippen molar-refractivity contribution in [2.45, 2.75) is 45.1 Å². The summed E-state index contributed by atoms with van der Waals surface area (Å²) in [6.45, 7) is 3.77. The third-order valence-corrected chi connectivity index (χ3v) is 4.37. The molecular formula is C19H27N5. The van der Waals surface area contributed by atoms with E-state index in [0.29, 0.717) is 6.04 Å². The van der Waals surface area contributed by atoms with Gasteiger partial charge in [-0.3, -0.25) is 4.99 Å². The van der Waals surface area contributed by atoms with Gasteiger partial charge in [0.2, 0.25) is 0 Å². The van der Waals surface area contributed by atoms with Gasteiger partial charge in [0.15, 0.2) is 5.96 Å². The highest BCUT2D eigenvalue weighted by molar-refractivity contribution is 5.80. The van der Waals surface area contributed by atoms with Crippen molar-refractivity contribution in [2.75, 3.05) is 13.1 Å². The van der Waals surface area contributed by atoms with E-state index in [1.165, 1.54) is 31.2 Å². The van der Waals surface area contributed by atoms with Gasteiger partial charge >= 0.3 is 0 Å². The molecule has 1 saturated carbocycles. The Bertz CT molecular complexity index is 641. The number of aromatic nitrogens is 2. The average Bonchev–Trinajstić information content (AvgIpc) is 3.28. The van der Waals surface area contributed by atoms with Crippen LogP contribution in [0.5, 0.6) is 0 Å². The predicted octanol–water partition coefficient (Wildman–Crippen LogP) is 2.91. The monoisotopic (exact) mass is 325 g/mol. The van der Waals surface area contributed by atoms with E-state index < -0.39 is 0 Å². The molecule has 5 heteroatoms. The maximum Gasteiger partial charge on any atom is 0.191 e. The first-order valence-electron chi connectivity index (χ1n) is 8.99. The third kappa shape index (κ3) is 4.60. The number of hydrogen-bond donors (Lipinski definition) is 2. The SMILES string of the molecule is CCNC(=NCCc1cnn(-c2ccccc2)c1)NC1CCCC1. The van der Waals surface area contributed by atoms with Crippen molar-refractivity contribution in [1.29, 1.82) is 0 Å². The molecule has 1 heterocycles. The third-order valence-electron chi connectivity index (χ3n) is 4.37. The molecule has 24 heavy (non-hydrogen) atoms. The molecule has 128 valence electrons. The fraction of sp³-hybridized carbons (Fsp3) is 0.474. The molecule has 0 spiro atoms. The molecule has 1 aromatic heterocycles. The van der Waals surface area contributed by atoms with Crippen LogP contribution in [0.15, 0.2) is 47.7 Å². The van der Waals surface area contributed by atoms with Crippen LogP contribution in [-0.4, -0.2) is 34.9 Å². The van der Waals surface area contributed by atoms with Crippen molar-refractivity contribution in [2.24, 2.45) is 4.99 Å². The summed E-state index contributed by atoms with van der Waals surface area (Å²) in [5.74, 6) is 0.944. The van der Waals surface area contributed by atoms with E-state index in [9.17, 15) is 0 Å². The van der Waals surface area contributed by atoms with E-state index in [1.54, 1.807) is 0 Å². The fourth-order valence-electron chi connectivity index (χ4n) is 3.09. The molecule has 2 N–H and O–H groups in total. The molecule has 5 nitrogen and oxygen atoms in total. The smallest absolute Gasteiger partial charge is 0.191 e. The van der Waals surface area contributed by atoms with E-state index >= 15 is 0 Å². The van der Waals surface area contributed by atoms with Gasteiger partial charge in [-0.15, -0.1) is 0 Å². The molecule has 0 unspecified atom stereocenters. The number of guanidine groups is 1. The first-order chi connectivity index (χ1) is 11.8. The van der Waals surface area contributed by atoms with E-state index in [4.69, 9.17) is 4.99 Å². The maximum absolute atomic E-state index is 4.71. The molecule has 3 rings (SSSR count). The minimum Gasteiger partial charge on any atom is -0.357 e. The van der Waals surface area contributed by atoms with Gasteiger partial charge in [-0.2, -0.15) is 5.10 Å². The number of aliphatic imine (C=N–C) groups is 1. The first kappa shape index (κ1) is 16.6. The molecule has 0 aliphatic heterocycles. The van der Waals surface area contributed by atoms with E-state index in [2.05, 4.69) is 41.0 Å². The van der Waals surface area contributed by atoms with Crippen molar-refractivity contribution >= 4 is 5.96 Å². The van der Waals surface area contributed by atoms with E-state index in [-0.39, 0.29) is 0 Å². The van der Waals surface area contributed by atoms with Crippen LogP contribution >= 0.6 is 0 Å². The minimum absolute atomic E-state index is 0.587. The summed E-state index contributed by atoms with van der Waals surface area (Å²) in [7, 11) is 0. The predicted molar refractivity (Wildman–Crippen MR) is 98.6 cm³/mol. The quantitative estimate of drug-likeness (QED) is 0.634. The van der Waals surface area contributed by atoms with Crippen LogP contribution in [0.2, 0.25) is 0 Å². The summed E-state index contributed by atoms with van der Waals surface area (Å²) in [5, 5.41) is 11.3. The second kappa shape index (κ2) is 8.52. The molecule has 0 bridgehead atoms. The van der Waals surface area contributed by atoms with Gasteiger partial charge in [-0.25, -0.2) is 4.68 Å². The van der Waals surface area contributed by atoms with Crippen molar-refractivity contribution in [1.82, 2.24) is 20.4 Å². The number of para-hydroxylation sites is 1. The number of rotatable bonds is 6. The standard InChI is InChI=1S/C19H27N5/c1-2-20-19(23-17-8-6-7-9-17)21-13-12-16-14-22-24(15-16)18-10-4-3-5-11-18/h3-5,10-11,14-15,17H,2,6-9,12-13H2,1H3,(H2,20,21,23). The van der Waals surface area contributed by atoms with Gasteiger partial charge in [-0.1, -0.05) is 31.0 Å². The highest BCUT2D eigenvalue weighted by Crippen LogP contribution is 2.17. The van der Waals surface area contributed by atoms with E-state index in [0.717, 1.165) is 31.2 Å². The highest BCUT2D eigenvalue weighted by atomic mass is 15.3. The zero-order valence-corrected chi connectivity index (χ0v) is 14.4. The Morgan fingerprint density at radius 3 is 2.79 bits per heavy atom. The molecule has 1 aliphatic rings. The zero-order chi connectivity index (χ0) is 16.6. The van der Waals surface area contributed by atoms with Crippen molar-refractivity contribution in [3.05, 3.63) is 48.3 Å². The maximum atomic E-state index is 4.71.